The predicted octanol–water partition coefficient (Wildman–Crippen LogP) is 1.20. The Kier molecular flexibility index (Phi) is 3.71. The second kappa shape index (κ2) is 5.33. The molecule has 0 radical (unpaired) electrons. The maximum atomic E-state index is 12.5. The molecule has 1 heterocycles. The van der Waals surface area contributed by atoms with Crippen molar-refractivity contribution in [3.8, 4) is 0 Å². The summed E-state index contributed by atoms with van der Waals surface area (Å²) in [5.74, 6) is -0.670. The highest BCUT2D eigenvalue weighted by Crippen LogP contribution is 2.38. The molecule has 1 aliphatic heterocycles. The summed E-state index contributed by atoms with van der Waals surface area (Å²) in [6, 6.07) is 6.27. The number of sulfonamides is 1. The van der Waals surface area contributed by atoms with Gasteiger partial charge >= 0.3 is 0 Å². The molecule has 1 saturated heterocycles. The van der Waals surface area contributed by atoms with Gasteiger partial charge in [0, 0.05) is 12.5 Å². The number of aryl methyl sites for hydroxylation is 1. The van der Waals surface area contributed by atoms with E-state index in [1.165, 1.54) is 17.0 Å². The fraction of sp³-hybridized carbons (Fsp3) is 0.500. The first-order valence-corrected chi connectivity index (χ1v) is 9.18. The molecule has 2 aliphatic rings. The highest BCUT2D eigenvalue weighted by Gasteiger charge is 2.52. The molecule has 1 atom stereocenters. The molecule has 124 valence electrons. The van der Waals surface area contributed by atoms with Gasteiger partial charge in [-0.3, -0.25) is 9.59 Å². The van der Waals surface area contributed by atoms with Crippen LogP contribution in [0.1, 0.15) is 31.7 Å². The lowest BCUT2D eigenvalue weighted by Crippen LogP contribution is -2.68. The Morgan fingerprint density at radius 1 is 1.22 bits per heavy atom. The van der Waals surface area contributed by atoms with Crippen LogP contribution in [-0.4, -0.2) is 37.2 Å². The standard InChI is InChI=1S/C16H20N2O4S/c1-11-3-7-13(8-4-11)23(21,22)17-15(20)16(2)9-10-18(16)14(19)12-5-6-12/h3-4,7-8,12H,5-6,9-10H2,1-2H3,(H,17,20). The molecule has 7 heteroatoms. The second-order valence-electron chi connectivity index (χ2n) is 6.54. The summed E-state index contributed by atoms with van der Waals surface area (Å²) in [4.78, 5) is 26.2. The summed E-state index contributed by atoms with van der Waals surface area (Å²) in [5, 5.41) is 0. The third-order valence-corrected chi connectivity index (χ3v) is 6.00. The van der Waals surface area contributed by atoms with Gasteiger partial charge in [0.05, 0.1) is 4.90 Å². The number of benzene rings is 1. The van der Waals surface area contributed by atoms with Gasteiger partial charge in [-0.1, -0.05) is 17.7 Å². The molecule has 2 amide bonds. The zero-order valence-electron chi connectivity index (χ0n) is 13.2. The molecule has 1 unspecified atom stereocenters. The summed E-state index contributed by atoms with van der Waals surface area (Å²) < 4.78 is 26.8. The molecule has 1 aromatic carbocycles. The summed E-state index contributed by atoms with van der Waals surface area (Å²) in [5.41, 5.74) is -0.139. The monoisotopic (exact) mass is 336 g/mol. The quantitative estimate of drug-likeness (QED) is 0.895. The van der Waals surface area contributed by atoms with E-state index in [0.717, 1.165) is 18.4 Å². The van der Waals surface area contributed by atoms with E-state index < -0.39 is 21.5 Å². The fourth-order valence-electron chi connectivity index (χ4n) is 2.71. The van der Waals surface area contributed by atoms with Crippen molar-refractivity contribution in [1.82, 2.24) is 9.62 Å². The summed E-state index contributed by atoms with van der Waals surface area (Å²) >= 11 is 0. The van der Waals surface area contributed by atoms with Crippen molar-refractivity contribution in [2.24, 2.45) is 5.92 Å². The first-order chi connectivity index (χ1) is 10.7. The molecule has 0 spiro atoms. The van der Waals surface area contributed by atoms with E-state index in [-0.39, 0.29) is 16.7 Å². The van der Waals surface area contributed by atoms with E-state index in [2.05, 4.69) is 4.72 Å². The summed E-state index contributed by atoms with van der Waals surface area (Å²) in [7, 11) is -3.93. The number of hydrogen-bond donors (Lipinski definition) is 1. The van der Waals surface area contributed by atoms with Crippen molar-refractivity contribution in [2.75, 3.05) is 6.54 Å². The van der Waals surface area contributed by atoms with Gasteiger partial charge in [-0.2, -0.15) is 0 Å². The van der Waals surface area contributed by atoms with Gasteiger partial charge in [0.15, 0.2) is 0 Å². The first-order valence-electron chi connectivity index (χ1n) is 7.69. The van der Waals surface area contributed by atoms with E-state index in [1.807, 2.05) is 6.92 Å². The number of carbonyl (C=O) groups excluding carboxylic acids is 2. The van der Waals surface area contributed by atoms with Crippen molar-refractivity contribution >= 4 is 21.8 Å². The van der Waals surface area contributed by atoms with Crippen LogP contribution < -0.4 is 4.72 Å². The Bertz CT molecular complexity index is 753. The molecule has 0 aromatic heterocycles. The van der Waals surface area contributed by atoms with Crippen molar-refractivity contribution in [1.29, 1.82) is 0 Å². The lowest BCUT2D eigenvalue weighted by Gasteiger charge is -2.49. The smallest absolute Gasteiger partial charge is 0.264 e. The van der Waals surface area contributed by atoms with Gasteiger partial charge in [0.2, 0.25) is 5.91 Å². The molecule has 23 heavy (non-hydrogen) atoms. The topological polar surface area (TPSA) is 83.6 Å². The number of nitrogens with one attached hydrogen (secondary N) is 1. The van der Waals surface area contributed by atoms with Gasteiger partial charge in [-0.15, -0.1) is 0 Å². The van der Waals surface area contributed by atoms with Crippen LogP contribution in [0.3, 0.4) is 0 Å². The Labute approximate surface area is 135 Å². The van der Waals surface area contributed by atoms with Crippen molar-refractivity contribution in [3.63, 3.8) is 0 Å². The third-order valence-electron chi connectivity index (χ3n) is 4.66. The van der Waals surface area contributed by atoms with E-state index in [9.17, 15) is 18.0 Å². The number of hydrogen-bond acceptors (Lipinski definition) is 4. The minimum atomic E-state index is -3.93. The zero-order valence-corrected chi connectivity index (χ0v) is 14.0. The Morgan fingerprint density at radius 3 is 2.30 bits per heavy atom. The van der Waals surface area contributed by atoms with Crippen LogP contribution in [0.4, 0.5) is 0 Å². The van der Waals surface area contributed by atoms with Crippen LogP contribution in [0.5, 0.6) is 0 Å². The Hall–Kier alpha value is -1.89. The molecular weight excluding hydrogens is 316 g/mol. The van der Waals surface area contributed by atoms with Gasteiger partial charge < -0.3 is 4.90 Å². The minimum Gasteiger partial charge on any atom is -0.328 e. The maximum absolute atomic E-state index is 12.5. The molecule has 1 saturated carbocycles. The fourth-order valence-corrected chi connectivity index (χ4v) is 3.78. The van der Waals surface area contributed by atoms with Crippen LogP contribution >= 0.6 is 0 Å². The number of carbonyl (C=O) groups is 2. The van der Waals surface area contributed by atoms with E-state index in [0.29, 0.717) is 13.0 Å². The Morgan fingerprint density at radius 2 is 1.83 bits per heavy atom. The molecule has 1 aliphatic carbocycles. The molecule has 1 N–H and O–H groups in total. The van der Waals surface area contributed by atoms with Crippen LogP contribution in [0, 0.1) is 12.8 Å². The van der Waals surface area contributed by atoms with Crippen LogP contribution in [0.2, 0.25) is 0 Å². The van der Waals surface area contributed by atoms with E-state index in [1.54, 1.807) is 19.1 Å². The predicted molar refractivity (Wildman–Crippen MR) is 84.0 cm³/mol. The maximum Gasteiger partial charge on any atom is 0.264 e. The van der Waals surface area contributed by atoms with Crippen molar-refractivity contribution in [2.45, 2.75) is 43.5 Å². The van der Waals surface area contributed by atoms with E-state index >= 15 is 0 Å². The molecule has 0 bridgehead atoms. The van der Waals surface area contributed by atoms with Crippen LogP contribution in [-0.2, 0) is 19.6 Å². The second-order valence-corrected chi connectivity index (χ2v) is 8.22. The van der Waals surface area contributed by atoms with Crippen molar-refractivity contribution in [3.05, 3.63) is 29.8 Å². The average molecular weight is 336 g/mol. The average Bonchev–Trinajstić information content (AvgIpc) is 3.29. The SMILES string of the molecule is Cc1ccc(S(=O)(=O)NC(=O)C2(C)CCN2C(=O)C2CC2)cc1. The molecule has 3 rings (SSSR count). The zero-order chi connectivity index (χ0) is 16.8. The van der Waals surface area contributed by atoms with Gasteiger partial charge in [-0.05, 0) is 45.2 Å². The third kappa shape index (κ3) is 2.85. The highest BCUT2D eigenvalue weighted by molar-refractivity contribution is 7.90. The first kappa shape index (κ1) is 16.0. The highest BCUT2D eigenvalue weighted by atomic mass is 32.2. The number of rotatable bonds is 4. The lowest BCUT2D eigenvalue weighted by molar-refractivity contribution is -0.157. The van der Waals surface area contributed by atoms with E-state index in [4.69, 9.17) is 0 Å². The Balaban J connectivity index is 1.75. The number of amides is 2. The van der Waals surface area contributed by atoms with Crippen molar-refractivity contribution < 1.29 is 18.0 Å². The number of likely N-dealkylation sites (tertiary alicyclic amines) is 1. The van der Waals surface area contributed by atoms with Gasteiger partial charge in [0.25, 0.3) is 15.9 Å². The normalized spacial score (nSPS) is 24.0. The largest absolute Gasteiger partial charge is 0.328 e. The molecule has 1 aromatic rings. The lowest BCUT2D eigenvalue weighted by atomic mass is 9.85. The molecule has 2 fully saturated rings. The molecular formula is C16H20N2O4S. The van der Waals surface area contributed by atoms with Gasteiger partial charge in [-0.25, -0.2) is 13.1 Å². The summed E-state index contributed by atoms with van der Waals surface area (Å²) in [6.07, 6.45) is 2.18. The summed E-state index contributed by atoms with van der Waals surface area (Å²) in [6.45, 7) is 3.98. The van der Waals surface area contributed by atoms with Crippen LogP contribution in [0.15, 0.2) is 29.2 Å². The minimum absolute atomic E-state index is 0.0103. The molecule has 6 nitrogen and oxygen atoms in total. The van der Waals surface area contributed by atoms with Crippen LogP contribution in [0.25, 0.3) is 0 Å². The number of nitrogens with zero attached hydrogens (tertiary/aromatic N) is 1. The van der Waals surface area contributed by atoms with Gasteiger partial charge in [0.1, 0.15) is 5.54 Å².